The molecule has 15 heavy (non-hydrogen) atoms. The maximum Gasteiger partial charge on any atom is 0.356 e. The summed E-state index contributed by atoms with van der Waals surface area (Å²) in [4.78, 5) is 15.1. The Labute approximate surface area is 86.1 Å². The number of aryl methyl sites for hydroxylation is 1. The molecule has 0 aliphatic heterocycles. The van der Waals surface area contributed by atoms with Gasteiger partial charge in [-0.15, -0.1) is 0 Å². The molecule has 0 aliphatic carbocycles. The molecule has 0 atom stereocenters. The van der Waals surface area contributed by atoms with Gasteiger partial charge in [0, 0.05) is 11.3 Å². The summed E-state index contributed by atoms with van der Waals surface area (Å²) in [5, 5.41) is 0. The number of rotatable bonds is 3. The van der Waals surface area contributed by atoms with Crippen molar-refractivity contribution in [2.75, 3.05) is 6.61 Å². The van der Waals surface area contributed by atoms with Gasteiger partial charge in [-0.3, -0.25) is 0 Å². The van der Waals surface area contributed by atoms with Gasteiger partial charge in [0.05, 0.1) is 6.61 Å². The zero-order valence-electron chi connectivity index (χ0n) is 8.46. The third-order valence-corrected chi connectivity index (χ3v) is 1.71. The van der Waals surface area contributed by atoms with E-state index in [0.717, 1.165) is 6.07 Å². The minimum Gasteiger partial charge on any atom is -0.461 e. The van der Waals surface area contributed by atoms with E-state index in [0.29, 0.717) is 5.69 Å². The molecule has 0 saturated carbocycles. The molecule has 0 unspecified atom stereocenters. The third kappa shape index (κ3) is 2.97. The third-order valence-electron chi connectivity index (χ3n) is 1.71. The van der Waals surface area contributed by atoms with Crippen LogP contribution in [0.15, 0.2) is 12.1 Å². The van der Waals surface area contributed by atoms with Crippen LogP contribution in [-0.2, 0) is 4.74 Å². The Hall–Kier alpha value is -1.52. The summed E-state index contributed by atoms with van der Waals surface area (Å²) < 4.78 is 29.5. The number of esters is 1. The number of aromatic nitrogens is 1. The fourth-order valence-corrected chi connectivity index (χ4v) is 1.13. The summed E-state index contributed by atoms with van der Waals surface area (Å²) in [7, 11) is 0. The molecule has 0 N–H and O–H groups in total. The van der Waals surface area contributed by atoms with Gasteiger partial charge in [0.15, 0.2) is 0 Å². The van der Waals surface area contributed by atoms with E-state index in [1.807, 2.05) is 0 Å². The van der Waals surface area contributed by atoms with Crippen molar-refractivity contribution in [3.8, 4) is 0 Å². The smallest absolute Gasteiger partial charge is 0.356 e. The van der Waals surface area contributed by atoms with Gasteiger partial charge in [-0.2, -0.15) is 0 Å². The average Bonchev–Trinajstić information content (AvgIpc) is 2.17. The number of halogens is 2. The molecule has 0 bridgehead atoms. The minimum absolute atomic E-state index is 0.0767. The van der Waals surface area contributed by atoms with Crippen molar-refractivity contribution in [3.63, 3.8) is 0 Å². The second kappa shape index (κ2) is 4.82. The largest absolute Gasteiger partial charge is 0.461 e. The first-order chi connectivity index (χ1) is 7.04. The van der Waals surface area contributed by atoms with Crippen LogP contribution in [-0.4, -0.2) is 17.6 Å². The van der Waals surface area contributed by atoms with E-state index in [-0.39, 0.29) is 17.9 Å². The number of nitrogens with zero attached hydrogens (tertiary/aromatic N) is 1. The van der Waals surface area contributed by atoms with Gasteiger partial charge in [0.1, 0.15) is 5.69 Å². The predicted octanol–water partition coefficient (Wildman–Crippen LogP) is 2.50. The number of pyridine rings is 1. The second-order valence-corrected chi connectivity index (χ2v) is 2.95. The van der Waals surface area contributed by atoms with Crippen molar-refractivity contribution < 1.29 is 18.3 Å². The Balaban J connectivity index is 3.03. The summed E-state index contributed by atoms with van der Waals surface area (Å²) in [6.45, 7) is 3.38. The molecule has 0 saturated heterocycles. The highest BCUT2D eigenvalue weighted by Crippen LogP contribution is 2.20. The van der Waals surface area contributed by atoms with E-state index in [1.54, 1.807) is 13.8 Å². The highest BCUT2D eigenvalue weighted by molar-refractivity contribution is 5.87. The first-order valence-electron chi connectivity index (χ1n) is 4.48. The molecule has 0 amide bonds. The molecule has 1 aromatic rings. The molecule has 1 rings (SSSR count). The monoisotopic (exact) mass is 215 g/mol. The van der Waals surface area contributed by atoms with Crippen molar-refractivity contribution in [2.45, 2.75) is 20.3 Å². The molecule has 0 aromatic carbocycles. The Bertz CT molecular complexity index is 366. The number of ether oxygens (including phenoxy) is 1. The molecule has 1 aromatic heterocycles. The van der Waals surface area contributed by atoms with Gasteiger partial charge in [0.2, 0.25) is 0 Å². The summed E-state index contributed by atoms with van der Waals surface area (Å²) in [5.41, 5.74) is 0.0774. The lowest BCUT2D eigenvalue weighted by Crippen LogP contribution is -2.08. The molecular weight excluding hydrogens is 204 g/mol. The lowest BCUT2D eigenvalue weighted by atomic mass is 10.2. The van der Waals surface area contributed by atoms with Crippen LogP contribution in [0.1, 0.15) is 35.1 Å². The van der Waals surface area contributed by atoms with Gasteiger partial charge in [0.25, 0.3) is 6.43 Å². The molecule has 82 valence electrons. The zero-order valence-corrected chi connectivity index (χ0v) is 8.46. The fourth-order valence-electron chi connectivity index (χ4n) is 1.13. The van der Waals surface area contributed by atoms with Gasteiger partial charge in [-0.05, 0) is 26.0 Å². The van der Waals surface area contributed by atoms with E-state index in [2.05, 4.69) is 9.72 Å². The average molecular weight is 215 g/mol. The highest BCUT2D eigenvalue weighted by atomic mass is 19.3. The van der Waals surface area contributed by atoms with E-state index >= 15 is 0 Å². The maximum atomic E-state index is 12.4. The molecule has 0 fully saturated rings. The van der Waals surface area contributed by atoms with Gasteiger partial charge in [-0.25, -0.2) is 18.6 Å². The summed E-state index contributed by atoms with van der Waals surface area (Å²) in [6.07, 6.45) is -2.61. The first kappa shape index (κ1) is 11.6. The Morgan fingerprint density at radius 2 is 2.20 bits per heavy atom. The molecule has 1 heterocycles. The van der Waals surface area contributed by atoms with Crippen LogP contribution in [0, 0.1) is 6.92 Å². The van der Waals surface area contributed by atoms with Crippen LogP contribution in [0.2, 0.25) is 0 Å². The van der Waals surface area contributed by atoms with Crippen molar-refractivity contribution in [2.24, 2.45) is 0 Å². The first-order valence-corrected chi connectivity index (χ1v) is 4.48. The Morgan fingerprint density at radius 1 is 1.53 bits per heavy atom. The van der Waals surface area contributed by atoms with Gasteiger partial charge >= 0.3 is 5.97 Å². The molecular formula is C10H11F2NO2. The van der Waals surface area contributed by atoms with Crippen molar-refractivity contribution in [1.29, 1.82) is 0 Å². The van der Waals surface area contributed by atoms with Crippen LogP contribution in [0.3, 0.4) is 0 Å². The van der Waals surface area contributed by atoms with E-state index in [4.69, 9.17) is 0 Å². The Morgan fingerprint density at radius 3 is 2.73 bits per heavy atom. The number of carbonyl (C=O) groups is 1. The van der Waals surface area contributed by atoms with E-state index in [1.165, 1.54) is 6.07 Å². The standard InChI is InChI=1S/C10H11F2NO2/c1-3-15-10(14)8-5-7(9(11)12)4-6(2)13-8/h4-5,9H,3H2,1-2H3. The van der Waals surface area contributed by atoms with E-state index < -0.39 is 12.4 Å². The lowest BCUT2D eigenvalue weighted by molar-refractivity contribution is 0.0518. The summed E-state index contributed by atoms with van der Waals surface area (Å²) >= 11 is 0. The van der Waals surface area contributed by atoms with Gasteiger partial charge < -0.3 is 4.74 Å². The molecule has 0 aliphatic rings. The summed E-state index contributed by atoms with van der Waals surface area (Å²) in [5.74, 6) is -0.678. The topological polar surface area (TPSA) is 39.2 Å². The van der Waals surface area contributed by atoms with Crippen LogP contribution in [0.4, 0.5) is 8.78 Å². The van der Waals surface area contributed by atoms with Crippen molar-refractivity contribution >= 4 is 5.97 Å². The normalized spacial score (nSPS) is 10.5. The summed E-state index contributed by atoms with van der Waals surface area (Å²) in [6, 6.07) is 2.29. The van der Waals surface area contributed by atoms with Crippen molar-refractivity contribution in [3.05, 3.63) is 29.1 Å². The van der Waals surface area contributed by atoms with Gasteiger partial charge in [-0.1, -0.05) is 0 Å². The van der Waals surface area contributed by atoms with E-state index in [9.17, 15) is 13.6 Å². The molecule has 0 radical (unpaired) electrons. The zero-order chi connectivity index (χ0) is 11.4. The molecule has 5 heteroatoms. The SMILES string of the molecule is CCOC(=O)c1cc(C(F)F)cc(C)n1. The van der Waals surface area contributed by atoms with Crippen LogP contribution in [0.25, 0.3) is 0 Å². The predicted molar refractivity (Wildman–Crippen MR) is 49.9 cm³/mol. The molecule has 3 nitrogen and oxygen atoms in total. The van der Waals surface area contributed by atoms with Crippen molar-refractivity contribution in [1.82, 2.24) is 4.98 Å². The highest BCUT2D eigenvalue weighted by Gasteiger charge is 2.14. The number of hydrogen-bond acceptors (Lipinski definition) is 3. The van der Waals surface area contributed by atoms with Crippen LogP contribution in [0.5, 0.6) is 0 Å². The van der Waals surface area contributed by atoms with Crippen LogP contribution < -0.4 is 0 Å². The van der Waals surface area contributed by atoms with Crippen LogP contribution >= 0.6 is 0 Å². The number of carbonyl (C=O) groups excluding carboxylic acids is 1. The second-order valence-electron chi connectivity index (χ2n) is 2.95. The maximum absolute atomic E-state index is 12.4. The number of alkyl halides is 2. The fraction of sp³-hybridized carbons (Fsp3) is 0.400. The number of hydrogen-bond donors (Lipinski definition) is 0. The quantitative estimate of drug-likeness (QED) is 0.727. The minimum atomic E-state index is -2.61. The molecule has 0 spiro atoms. The lowest BCUT2D eigenvalue weighted by Gasteiger charge is -2.05. The Kier molecular flexibility index (Phi) is 3.71.